The van der Waals surface area contributed by atoms with E-state index < -0.39 is 7.26 Å². The molecule has 0 aliphatic rings. The molecule has 0 unspecified atom stereocenters. The average Bonchev–Trinajstić information content (AvgIpc) is 2.31. The first-order chi connectivity index (χ1) is 7.74. The fourth-order valence-electron chi connectivity index (χ4n) is 2.64. The van der Waals surface area contributed by atoms with Crippen LogP contribution in [0.2, 0.25) is 0 Å². The molecule has 0 spiro atoms. The summed E-state index contributed by atoms with van der Waals surface area (Å²) in [5, 5.41) is 9.33. The van der Waals surface area contributed by atoms with Crippen molar-refractivity contribution in [2.24, 2.45) is 0 Å². The predicted octanol–water partition coefficient (Wildman–Crippen LogP) is 4.71. The molecule has 0 bridgehead atoms. The van der Waals surface area contributed by atoms with Crippen LogP contribution in [0.15, 0.2) is 0 Å². The van der Waals surface area contributed by atoms with E-state index in [1.54, 1.807) is 0 Å². The summed E-state index contributed by atoms with van der Waals surface area (Å²) in [4.78, 5) is 0. The van der Waals surface area contributed by atoms with E-state index in [0.29, 0.717) is 6.61 Å². The third-order valence-electron chi connectivity index (χ3n) is 3.82. The fourth-order valence-corrected chi connectivity index (χ4v) is 7.93. The first-order valence-corrected chi connectivity index (χ1v) is 10.2. The standard InChI is InChI=1S/C14H33OP.BrH/c1-4-7-11-16(14-10-15,12-8-5-2)13-9-6-3;/h15-16H,4-14H2,1-3H3;1H. The number of hydrogen-bond acceptors (Lipinski definition) is 1. The third-order valence-corrected chi connectivity index (χ3v) is 9.35. The van der Waals surface area contributed by atoms with Crippen LogP contribution in [-0.2, 0) is 0 Å². The first-order valence-electron chi connectivity index (χ1n) is 7.35. The van der Waals surface area contributed by atoms with E-state index in [2.05, 4.69) is 20.8 Å². The molecule has 0 radical (unpaired) electrons. The van der Waals surface area contributed by atoms with E-state index in [1.165, 1.54) is 57.0 Å². The number of aliphatic hydroxyl groups excluding tert-OH is 1. The number of rotatable bonds is 11. The molecule has 0 aliphatic carbocycles. The predicted molar refractivity (Wildman–Crippen MR) is 89.9 cm³/mol. The average molecular weight is 329 g/mol. The molecule has 0 aromatic heterocycles. The van der Waals surface area contributed by atoms with Crippen molar-refractivity contribution in [2.75, 3.05) is 31.3 Å². The zero-order chi connectivity index (χ0) is 12.3. The van der Waals surface area contributed by atoms with Gasteiger partial charge in [0.15, 0.2) is 0 Å². The molecule has 0 heterocycles. The fraction of sp³-hybridized carbons (Fsp3) is 1.00. The van der Waals surface area contributed by atoms with Crippen LogP contribution in [0.5, 0.6) is 0 Å². The molecule has 1 nitrogen and oxygen atoms in total. The Balaban J connectivity index is 0. The third kappa shape index (κ3) is 9.45. The van der Waals surface area contributed by atoms with Gasteiger partial charge in [-0.2, -0.15) is 0 Å². The van der Waals surface area contributed by atoms with Gasteiger partial charge in [0.1, 0.15) is 0 Å². The second kappa shape index (κ2) is 13.3. The number of aliphatic hydroxyl groups is 1. The Morgan fingerprint density at radius 1 is 0.706 bits per heavy atom. The van der Waals surface area contributed by atoms with Crippen LogP contribution in [0.1, 0.15) is 59.3 Å². The molecule has 0 atom stereocenters. The second-order valence-electron chi connectivity index (χ2n) is 5.28. The van der Waals surface area contributed by atoms with Gasteiger partial charge in [-0.3, -0.25) is 0 Å². The minimum absolute atomic E-state index is 0. The van der Waals surface area contributed by atoms with Gasteiger partial charge in [-0.1, -0.05) is 0 Å². The van der Waals surface area contributed by atoms with Crippen molar-refractivity contribution < 1.29 is 5.11 Å². The summed E-state index contributed by atoms with van der Waals surface area (Å²) in [5.41, 5.74) is 0. The monoisotopic (exact) mass is 328 g/mol. The molecule has 0 fully saturated rings. The molecule has 0 aromatic rings. The number of unbranched alkanes of at least 4 members (excludes halogenated alkanes) is 3. The summed E-state index contributed by atoms with van der Waals surface area (Å²) >= 11 is 0. The minimum atomic E-state index is -1.11. The van der Waals surface area contributed by atoms with E-state index in [4.69, 9.17) is 0 Å². The molecule has 108 valence electrons. The van der Waals surface area contributed by atoms with Gasteiger partial charge >= 0.3 is 103 Å². The van der Waals surface area contributed by atoms with Gasteiger partial charge < -0.3 is 0 Å². The second-order valence-corrected chi connectivity index (χ2v) is 10.3. The normalized spacial score (nSPS) is 12.2. The molecule has 0 saturated heterocycles. The van der Waals surface area contributed by atoms with Gasteiger partial charge in [-0.15, -0.1) is 17.0 Å². The van der Waals surface area contributed by atoms with Crippen LogP contribution in [0.25, 0.3) is 0 Å². The maximum absolute atomic E-state index is 9.33. The molecule has 0 saturated carbocycles. The van der Waals surface area contributed by atoms with Gasteiger partial charge in [0, 0.05) is 0 Å². The van der Waals surface area contributed by atoms with Crippen molar-refractivity contribution in [3.8, 4) is 0 Å². The Labute approximate surface area is 120 Å². The van der Waals surface area contributed by atoms with Crippen LogP contribution in [0.4, 0.5) is 0 Å². The van der Waals surface area contributed by atoms with Crippen molar-refractivity contribution >= 4 is 24.2 Å². The van der Waals surface area contributed by atoms with E-state index in [9.17, 15) is 5.11 Å². The summed E-state index contributed by atoms with van der Waals surface area (Å²) in [7, 11) is -1.11. The zero-order valence-electron chi connectivity index (χ0n) is 12.1. The Kier molecular flexibility index (Phi) is 15.8. The topological polar surface area (TPSA) is 20.2 Å². The van der Waals surface area contributed by atoms with E-state index in [1.807, 2.05) is 0 Å². The molecular weight excluding hydrogens is 295 g/mol. The zero-order valence-corrected chi connectivity index (χ0v) is 14.8. The molecule has 0 rings (SSSR count). The van der Waals surface area contributed by atoms with Crippen LogP contribution in [0.3, 0.4) is 0 Å². The molecule has 17 heavy (non-hydrogen) atoms. The first kappa shape index (κ1) is 20.2. The Morgan fingerprint density at radius 2 is 1.06 bits per heavy atom. The quantitative estimate of drug-likeness (QED) is 0.545. The summed E-state index contributed by atoms with van der Waals surface area (Å²) in [6, 6.07) is 0. The van der Waals surface area contributed by atoms with Gasteiger partial charge in [0.05, 0.1) is 0 Å². The van der Waals surface area contributed by atoms with Crippen LogP contribution >= 0.6 is 24.2 Å². The van der Waals surface area contributed by atoms with E-state index >= 15 is 0 Å². The van der Waals surface area contributed by atoms with E-state index in [0.717, 1.165) is 6.16 Å². The van der Waals surface area contributed by atoms with Crippen LogP contribution in [-0.4, -0.2) is 36.4 Å². The summed E-state index contributed by atoms with van der Waals surface area (Å²) < 4.78 is 0. The van der Waals surface area contributed by atoms with E-state index in [-0.39, 0.29) is 17.0 Å². The van der Waals surface area contributed by atoms with Gasteiger partial charge in [-0.05, 0) is 0 Å². The molecule has 1 N–H and O–H groups in total. The van der Waals surface area contributed by atoms with Crippen LogP contribution < -0.4 is 0 Å². The van der Waals surface area contributed by atoms with Crippen molar-refractivity contribution in [2.45, 2.75) is 59.3 Å². The molecule has 0 aliphatic heterocycles. The number of halogens is 1. The van der Waals surface area contributed by atoms with Crippen molar-refractivity contribution in [1.82, 2.24) is 0 Å². The van der Waals surface area contributed by atoms with Gasteiger partial charge in [0.25, 0.3) is 0 Å². The molecule has 0 amide bonds. The van der Waals surface area contributed by atoms with Crippen molar-refractivity contribution in [3.63, 3.8) is 0 Å². The van der Waals surface area contributed by atoms with Crippen molar-refractivity contribution in [1.29, 1.82) is 0 Å². The SMILES string of the molecule is Br.CCCC[PH](CCO)(CCCC)CCCC. The molecular formula is C14H34BrOP. The van der Waals surface area contributed by atoms with Gasteiger partial charge in [-0.25, -0.2) is 0 Å². The number of hydrogen-bond donors (Lipinski definition) is 1. The summed E-state index contributed by atoms with van der Waals surface area (Å²) in [5.74, 6) is 0. The maximum atomic E-state index is 9.33. The molecule has 3 heteroatoms. The van der Waals surface area contributed by atoms with Gasteiger partial charge in [0.2, 0.25) is 0 Å². The Morgan fingerprint density at radius 3 is 1.29 bits per heavy atom. The summed E-state index contributed by atoms with van der Waals surface area (Å²) in [6.45, 7) is 7.30. The van der Waals surface area contributed by atoms with Crippen LogP contribution in [0, 0.1) is 0 Å². The molecule has 0 aromatic carbocycles. The Bertz CT molecular complexity index is 131. The Hall–Kier alpha value is 0.870. The van der Waals surface area contributed by atoms with Crippen molar-refractivity contribution in [3.05, 3.63) is 0 Å². The summed E-state index contributed by atoms with van der Waals surface area (Å²) in [6.07, 6.45) is 13.7.